The van der Waals surface area contributed by atoms with Gasteiger partial charge in [-0.3, -0.25) is 0 Å². The van der Waals surface area contributed by atoms with Crippen LogP contribution in [0.5, 0.6) is 11.5 Å². The Morgan fingerprint density at radius 2 is 1.88 bits per heavy atom. The summed E-state index contributed by atoms with van der Waals surface area (Å²) in [6.07, 6.45) is 0.419. The van der Waals surface area contributed by atoms with Gasteiger partial charge in [0.05, 0.1) is 32.3 Å². The zero-order valence-electron chi connectivity index (χ0n) is 14.6. The topological polar surface area (TPSA) is 94.2 Å². The van der Waals surface area contributed by atoms with E-state index in [1.54, 1.807) is 18.2 Å². The fourth-order valence-electron chi connectivity index (χ4n) is 2.81. The molecule has 0 aromatic heterocycles. The molecular formula is C16H24N2O6S. The third kappa shape index (κ3) is 4.76. The number of carbonyl (C=O) groups excluding carboxylic acids is 1. The minimum Gasteiger partial charge on any atom is -0.494 e. The highest BCUT2D eigenvalue weighted by molar-refractivity contribution is 7.91. The summed E-state index contributed by atoms with van der Waals surface area (Å²) in [5.41, 5.74) is 0.403. The number of sulfone groups is 1. The monoisotopic (exact) mass is 372 g/mol. The average Bonchev–Trinajstić information content (AvgIpc) is 2.95. The van der Waals surface area contributed by atoms with Crippen LogP contribution in [0.2, 0.25) is 0 Å². The van der Waals surface area contributed by atoms with E-state index in [0.29, 0.717) is 36.8 Å². The van der Waals surface area contributed by atoms with Crippen molar-refractivity contribution >= 4 is 21.6 Å². The summed E-state index contributed by atoms with van der Waals surface area (Å²) < 4.78 is 39.1. The van der Waals surface area contributed by atoms with E-state index in [9.17, 15) is 13.2 Å². The molecule has 1 aliphatic rings. The van der Waals surface area contributed by atoms with E-state index < -0.39 is 15.9 Å². The molecule has 1 aromatic carbocycles. The van der Waals surface area contributed by atoms with Gasteiger partial charge in [-0.05, 0) is 18.6 Å². The highest BCUT2D eigenvalue weighted by Crippen LogP contribution is 2.34. The second kappa shape index (κ2) is 8.39. The predicted molar refractivity (Wildman–Crippen MR) is 94.2 cm³/mol. The molecule has 9 heteroatoms. The maximum Gasteiger partial charge on any atom is 0.322 e. The van der Waals surface area contributed by atoms with Crippen LogP contribution in [0.1, 0.15) is 6.42 Å². The molecule has 8 nitrogen and oxygen atoms in total. The third-order valence-electron chi connectivity index (χ3n) is 4.11. The van der Waals surface area contributed by atoms with Crippen LogP contribution in [-0.4, -0.2) is 71.4 Å². The molecule has 0 bridgehead atoms. The van der Waals surface area contributed by atoms with E-state index in [1.165, 1.54) is 26.2 Å². The first-order chi connectivity index (χ1) is 11.9. The first-order valence-electron chi connectivity index (χ1n) is 7.90. The van der Waals surface area contributed by atoms with E-state index in [4.69, 9.17) is 14.2 Å². The van der Waals surface area contributed by atoms with Crippen LogP contribution in [0.3, 0.4) is 0 Å². The van der Waals surface area contributed by atoms with Gasteiger partial charge in [0.1, 0.15) is 17.2 Å². The predicted octanol–water partition coefficient (Wildman–Crippen LogP) is 1.37. The van der Waals surface area contributed by atoms with Crippen molar-refractivity contribution in [2.24, 2.45) is 0 Å². The molecule has 0 radical (unpaired) electrons. The van der Waals surface area contributed by atoms with Crippen molar-refractivity contribution in [3.05, 3.63) is 18.2 Å². The molecule has 0 aliphatic carbocycles. The van der Waals surface area contributed by atoms with Gasteiger partial charge < -0.3 is 24.4 Å². The highest BCUT2D eigenvalue weighted by Gasteiger charge is 2.35. The number of anilines is 1. The number of amides is 2. The Labute approximate surface area is 148 Å². The standard InChI is InChI=1S/C16H24N2O6S/c1-22-9-8-18(12-7-10-25(20,21)11-12)16(19)17-15-13(23-2)5-4-6-14(15)24-3/h4-6,12H,7-11H2,1-3H3,(H,17,19). The smallest absolute Gasteiger partial charge is 0.322 e. The van der Waals surface area contributed by atoms with Crippen LogP contribution in [0.25, 0.3) is 0 Å². The average molecular weight is 372 g/mol. The minimum absolute atomic E-state index is 0.0345. The summed E-state index contributed by atoms with van der Waals surface area (Å²) in [7, 11) is 1.42. The number of carbonyl (C=O) groups is 1. The molecule has 1 N–H and O–H groups in total. The van der Waals surface area contributed by atoms with Gasteiger partial charge in [0.15, 0.2) is 9.84 Å². The molecule has 1 heterocycles. The summed E-state index contributed by atoms with van der Waals surface area (Å²) in [6.45, 7) is 0.604. The Balaban J connectivity index is 2.23. The molecule has 0 saturated carbocycles. The first-order valence-corrected chi connectivity index (χ1v) is 9.72. The van der Waals surface area contributed by atoms with Crippen molar-refractivity contribution in [2.45, 2.75) is 12.5 Å². The number of ether oxygens (including phenoxy) is 3. The SMILES string of the molecule is COCCN(C(=O)Nc1c(OC)cccc1OC)C1CCS(=O)(=O)C1. The summed E-state index contributed by atoms with van der Waals surface area (Å²) in [5.74, 6) is 0.969. The van der Waals surface area contributed by atoms with Gasteiger partial charge in [-0.15, -0.1) is 0 Å². The molecule has 1 saturated heterocycles. The number of benzene rings is 1. The van der Waals surface area contributed by atoms with E-state index in [0.717, 1.165) is 0 Å². The molecule has 1 aromatic rings. The lowest BCUT2D eigenvalue weighted by atomic mass is 10.2. The number of nitrogens with zero attached hydrogens (tertiary/aromatic N) is 1. The molecule has 1 fully saturated rings. The molecule has 1 aliphatic heterocycles. The van der Waals surface area contributed by atoms with Crippen LogP contribution in [-0.2, 0) is 14.6 Å². The van der Waals surface area contributed by atoms with Gasteiger partial charge >= 0.3 is 6.03 Å². The maximum absolute atomic E-state index is 12.8. The molecule has 140 valence electrons. The van der Waals surface area contributed by atoms with Crippen LogP contribution in [0.4, 0.5) is 10.5 Å². The van der Waals surface area contributed by atoms with Crippen molar-refractivity contribution in [1.82, 2.24) is 4.90 Å². The van der Waals surface area contributed by atoms with Crippen LogP contribution in [0.15, 0.2) is 18.2 Å². The summed E-state index contributed by atoms with van der Waals surface area (Å²) in [5, 5.41) is 2.78. The lowest BCUT2D eigenvalue weighted by Crippen LogP contribution is -2.45. The van der Waals surface area contributed by atoms with Crippen LogP contribution in [0, 0.1) is 0 Å². The second-order valence-corrected chi connectivity index (χ2v) is 7.94. The highest BCUT2D eigenvalue weighted by atomic mass is 32.2. The minimum atomic E-state index is -3.11. The molecule has 2 rings (SSSR count). The normalized spacial score (nSPS) is 18.6. The number of methoxy groups -OCH3 is 3. The summed E-state index contributed by atoms with van der Waals surface area (Å²) in [4.78, 5) is 14.3. The Morgan fingerprint density at radius 3 is 2.36 bits per heavy atom. The fraction of sp³-hybridized carbons (Fsp3) is 0.562. The lowest BCUT2D eigenvalue weighted by molar-refractivity contribution is 0.140. The van der Waals surface area contributed by atoms with Crippen LogP contribution < -0.4 is 14.8 Å². The van der Waals surface area contributed by atoms with E-state index in [1.807, 2.05) is 0 Å². The number of urea groups is 1. The summed E-state index contributed by atoms with van der Waals surface area (Å²) >= 11 is 0. The summed E-state index contributed by atoms with van der Waals surface area (Å²) in [6, 6.07) is 4.37. The van der Waals surface area contributed by atoms with Crippen molar-refractivity contribution in [3.63, 3.8) is 0 Å². The van der Waals surface area contributed by atoms with Gasteiger partial charge in [0.25, 0.3) is 0 Å². The second-order valence-electron chi connectivity index (χ2n) is 5.71. The zero-order valence-corrected chi connectivity index (χ0v) is 15.5. The molecule has 1 unspecified atom stereocenters. The lowest BCUT2D eigenvalue weighted by Gasteiger charge is -2.28. The number of hydrogen-bond donors (Lipinski definition) is 1. The van der Waals surface area contributed by atoms with Gasteiger partial charge in [0.2, 0.25) is 0 Å². The number of hydrogen-bond acceptors (Lipinski definition) is 6. The quantitative estimate of drug-likeness (QED) is 0.777. The van der Waals surface area contributed by atoms with Gasteiger partial charge in [-0.1, -0.05) is 6.07 Å². The fourth-order valence-corrected chi connectivity index (χ4v) is 4.54. The Morgan fingerprint density at radius 1 is 1.24 bits per heavy atom. The van der Waals surface area contributed by atoms with E-state index in [-0.39, 0.29) is 17.5 Å². The zero-order chi connectivity index (χ0) is 18.4. The Bertz CT molecular complexity index is 684. The van der Waals surface area contributed by atoms with Crippen molar-refractivity contribution in [1.29, 1.82) is 0 Å². The Kier molecular flexibility index (Phi) is 6.49. The first kappa shape index (κ1) is 19.3. The van der Waals surface area contributed by atoms with Crippen molar-refractivity contribution in [2.75, 3.05) is 51.3 Å². The largest absolute Gasteiger partial charge is 0.494 e. The van der Waals surface area contributed by atoms with E-state index in [2.05, 4.69) is 5.32 Å². The Hall–Kier alpha value is -2.00. The number of nitrogens with one attached hydrogen (secondary N) is 1. The molecular weight excluding hydrogens is 348 g/mol. The number of para-hydroxylation sites is 1. The number of rotatable bonds is 7. The maximum atomic E-state index is 12.8. The van der Waals surface area contributed by atoms with Gasteiger partial charge in [0, 0.05) is 19.7 Å². The molecule has 25 heavy (non-hydrogen) atoms. The molecule has 0 spiro atoms. The van der Waals surface area contributed by atoms with Crippen molar-refractivity contribution in [3.8, 4) is 11.5 Å². The van der Waals surface area contributed by atoms with Crippen LogP contribution >= 0.6 is 0 Å². The van der Waals surface area contributed by atoms with E-state index >= 15 is 0 Å². The molecule has 1 atom stereocenters. The van der Waals surface area contributed by atoms with Gasteiger partial charge in [-0.25, -0.2) is 13.2 Å². The van der Waals surface area contributed by atoms with Crippen molar-refractivity contribution < 1.29 is 27.4 Å². The third-order valence-corrected chi connectivity index (χ3v) is 5.86. The molecule has 2 amide bonds. The van der Waals surface area contributed by atoms with Gasteiger partial charge in [-0.2, -0.15) is 0 Å².